The lowest BCUT2D eigenvalue weighted by atomic mass is 10.2. The van der Waals surface area contributed by atoms with Crippen LogP contribution in [0, 0.1) is 5.82 Å². The van der Waals surface area contributed by atoms with Crippen LogP contribution in [-0.2, 0) is 6.54 Å². The molecule has 0 atom stereocenters. The molecule has 0 saturated carbocycles. The Bertz CT molecular complexity index is 479. The number of halogens is 2. The minimum Gasteiger partial charge on any atom is -0.378 e. The van der Waals surface area contributed by atoms with Crippen molar-refractivity contribution in [2.45, 2.75) is 26.4 Å². The van der Waals surface area contributed by atoms with E-state index in [9.17, 15) is 4.39 Å². The monoisotopic (exact) mass is 269 g/mol. The first kappa shape index (κ1) is 14.5. The number of benzene rings is 1. The fourth-order valence-corrected chi connectivity index (χ4v) is 1.52. The predicted molar refractivity (Wildman–Crippen MR) is 73.6 cm³/mol. The van der Waals surface area contributed by atoms with Gasteiger partial charge in [-0.2, -0.15) is 5.10 Å². The molecule has 0 spiro atoms. The molecule has 0 bridgehead atoms. The number of aromatic nitrogens is 2. The van der Waals surface area contributed by atoms with Crippen molar-refractivity contribution in [1.82, 2.24) is 9.78 Å². The van der Waals surface area contributed by atoms with Crippen LogP contribution in [0.5, 0.6) is 0 Å². The van der Waals surface area contributed by atoms with Gasteiger partial charge >= 0.3 is 0 Å². The molecule has 5 heteroatoms. The Hall–Kier alpha value is -1.55. The summed E-state index contributed by atoms with van der Waals surface area (Å²) in [6.45, 7) is 4.83. The van der Waals surface area contributed by atoms with Crippen molar-refractivity contribution >= 4 is 18.1 Å². The second-order valence-electron chi connectivity index (χ2n) is 4.28. The second-order valence-corrected chi connectivity index (χ2v) is 4.28. The summed E-state index contributed by atoms with van der Waals surface area (Å²) in [5.74, 6) is -0.207. The zero-order chi connectivity index (χ0) is 12.3. The van der Waals surface area contributed by atoms with Crippen LogP contribution in [-0.4, -0.2) is 9.78 Å². The van der Waals surface area contributed by atoms with Gasteiger partial charge in [0.25, 0.3) is 0 Å². The van der Waals surface area contributed by atoms with Gasteiger partial charge in [-0.3, -0.25) is 4.68 Å². The van der Waals surface area contributed by atoms with Crippen LogP contribution < -0.4 is 5.32 Å². The lowest BCUT2D eigenvalue weighted by Gasteiger charge is -2.05. The molecule has 0 aliphatic rings. The first-order valence-corrected chi connectivity index (χ1v) is 5.67. The van der Waals surface area contributed by atoms with Gasteiger partial charge in [-0.1, -0.05) is 12.1 Å². The summed E-state index contributed by atoms with van der Waals surface area (Å²) in [6.07, 6.45) is 3.76. The second kappa shape index (κ2) is 6.40. The third kappa shape index (κ3) is 3.74. The number of hydrogen-bond donors (Lipinski definition) is 1. The summed E-state index contributed by atoms with van der Waals surface area (Å²) in [5.41, 5.74) is 2.02. The third-order valence-electron chi connectivity index (χ3n) is 2.54. The molecule has 98 valence electrons. The highest BCUT2D eigenvalue weighted by molar-refractivity contribution is 5.85. The van der Waals surface area contributed by atoms with Gasteiger partial charge in [-0.05, 0) is 31.5 Å². The normalized spacial score (nSPS) is 10.2. The first-order chi connectivity index (χ1) is 8.15. The van der Waals surface area contributed by atoms with Crippen LogP contribution in [0.25, 0.3) is 0 Å². The number of anilines is 1. The van der Waals surface area contributed by atoms with Crippen molar-refractivity contribution in [2.75, 3.05) is 5.32 Å². The van der Waals surface area contributed by atoms with E-state index in [-0.39, 0.29) is 18.2 Å². The topological polar surface area (TPSA) is 29.9 Å². The number of hydrogen-bond acceptors (Lipinski definition) is 2. The minimum atomic E-state index is -0.207. The molecule has 18 heavy (non-hydrogen) atoms. The molecule has 0 amide bonds. The average molecular weight is 270 g/mol. The standard InChI is InChI=1S/C13H16FN3.ClH/c1-10(2)17-9-13(8-16-17)15-7-11-3-5-12(14)6-4-11;/h3-6,8-10,15H,7H2,1-2H3;1H. The van der Waals surface area contributed by atoms with Crippen molar-refractivity contribution in [3.8, 4) is 0 Å². The Morgan fingerprint density at radius 2 is 1.94 bits per heavy atom. The van der Waals surface area contributed by atoms with Gasteiger partial charge in [0.15, 0.2) is 0 Å². The smallest absolute Gasteiger partial charge is 0.123 e. The molecule has 1 heterocycles. The van der Waals surface area contributed by atoms with E-state index >= 15 is 0 Å². The number of nitrogens with one attached hydrogen (secondary N) is 1. The molecule has 2 rings (SSSR count). The molecule has 3 nitrogen and oxygen atoms in total. The van der Waals surface area contributed by atoms with E-state index in [4.69, 9.17) is 0 Å². The summed E-state index contributed by atoms with van der Waals surface area (Å²) in [4.78, 5) is 0. The molecule has 0 unspecified atom stereocenters. The molecule has 0 aliphatic carbocycles. The van der Waals surface area contributed by atoms with Crippen LogP contribution in [0.3, 0.4) is 0 Å². The van der Waals surface area contributed by atoms with E-state index in [2.05, 4.69) is 24.3 Å². The Kier molecular flexibility index (Phi) is 5.16. The molecule has 1 aromatic carbocycles. The van der Waals surface area contributed by atoms with Crippen LogP contribution in [0.2, 0.25) is 0 Å². The van der Waals surface area contributed by atoms with Crippen LogP contribution in [0.4, 0.5) is 10.1 Å². The lowest BCUT2D eigenvalue weighted by Crippen LogP contribution is -2.01. The summed E-state index contributed by atoms with van der Waals surface area (Å²) in [7, 11) is 0. The van der Waals surface area contributed by atoms with Crippen molar-refractivity contribution in [1.29, 1.82) is 0 Å². The Balaban J connectivity index is 0.00000162. The van der Waals surface area contributed by atoms with Crippen molar-refractivity contribution in [3.63, 3.8) is 0 Å². The quantitative estimate of drug-likeness (QED) is 0.918. The fraction of sp³-hybridized carbons (Fsp3) is 0.308. The molecule has 0 saturated heterocycles. The zero-order valence-electron chi connectivity index (χ0n) is 10.4. The SMILES string of the molecule is CC(C)n1cc(NCc2ccc(F)cc2)cn1.Cl. The lowest BCUT2D eigenvalue weighted by molar-refractivity contribution is 0.532. The van der Waals surface area contributed by atoms with Gasteiger partial charge < -0.3 is 5.32 Å². The van der Waals surface area contributed by atoms with E-state index in [0.29, 0.717) is 12.6 Å². The number of nitrogens with zero attached hydrogens (tertiary/aromatic N) is 2. The molecule has 0 radical (unpaired) electrons. The van der Waals surface area contributed by atoms with Gasteiger partial charge in [-0.15, -0.1) is 12.4 Å². The highest BCUT2D eigenvalue weighted by atomic mass is 35.5. The number of rotatable bonds is 4. The molecule has 1 aromatic heterocycles. The molecule has 1 N–H and O–H groups in total. The summed E-state index contributed by atoms with van der Waals surface area (Å²) in [5, 5.41) is 7.49. The van der Waals surface area contributed by atoms with Crippen LogP contribution >= 0.6 is 12.4 Å². The zero-order valence-corrected chi connectivity index (χ0v) is 11.2. The highest BCUT2D eigenvalue weighted by Gasteiger charge is 2.01. The van der Waals surface area contributed by atoms with Crippen LogP contribution in [0.15, 0.2) is 36.7 Å². The van der Waals surface area contributed by atoms with Gasteiger partial charge in [0.05, 0.1) is 11.9 Å². The molecular weight excluding hydrogens is 253 g/mol. The molecule has 2 aromatic rings. The van der Waals surface area contributed by atoms with Gasteiger partial charge in [0, 0.05) is 18.8 Å². The largest absolute Gasteiger partial charge is 0.378 e. The van der Waals surface area contributed by atoms with Crippen LogP contribution in [0.1, 0.15) is 25.5 Å². The van der Waals surface area contributed by atoms with E-state index in [1.807, 2.05) is 10.9 Å². The Morgan fingerprint density at radius 3 is 2.50 bits per heavy atom. The molecule has 0 aliphatic heterocycles. The predicted octanol–water partition coefficient (Wildman–Crippen LogP) is 3.64. The Labute approximate surface area is 112 Å². The molecular formula is C13H17ClFN3. The minimum absolute atomic E-state index is 0. The summed E-state index contributed by atoms with van der Waals surface area (Å²) >= 11 is 0. The van der Waals surface area contributed by atoms with E-state index in [1.54, 1.807) is 18.3 Å². The molecule has 0 fully saturated rings. The van der Waals surface area contributed by atoms with Crippen molar-refractivity contribution in [2.24, 2.45) is 0 Å². The van der Waals surface area contributed by atoms with Gasteiger partial charge in [0.2, 0.25) is 0 Å². The van der Waals surface area contributed by atoms with E-state index in [1.165, 1.54) is 12.1 Å². The summed E-state index contributed by atoms with van der Waals surface area (Å²) < 4.78 is 14.6. The maximum absolute atomic E-state index is 12.7. The first-order valence-electron chi connectivity index (χ1n) is 5.67. The highest BCUT2D eigenvalue weighted by Crippen LogP contribution is 2.11. The fourth-order valence-electron chi connectivity index (χ4n) is 1.52. The maximum atomic E-state index is 12.7. The summed E-state index contributed by atoms with van der Waals surface area (Å²) in [6, 6.07) is 6.84. The van der Waals surface area contributed by atoms with Crippen molar-refractivity contribution in [3.05, 3.63) is 48.0 Å². The van der Waals surface area contributed by atoms with Gasteiger partial charge in [-0.25, -0.2) is 4.39 Å². The average Bonchev–Trinajstić information content (AvgIpc) is 2.77. The Morgan fingerprint density at radius 1 is 1.28 bits per heavy atom. The van der Waals surface area contributed by atoms with E-state index in [0.717, 1.165) is 11.3 Å². The third-order valence-corrected chi connectivity index (χ3v) is 2.54. The van der Waals surface area contributed by atoms with E-state index < -0.39 is 0 Å². The van der Waals surface area contributed by atoms with Crippen molar-refractivity contribution < 1.29 is 4.39 Å². The van der Waals surface area contributed by atoms with Gasteiger partial charge in [0.1, 0.15) is 5.82 Å². The maximum Gasteiger partial charge on any atom is 0.123 e.